The number of benzene rings is 4. The van der Waals surface area contributed by atoms with Crippen molar-refractivity contribution < 1.29 is 14.0 Å². The average Bonchev–Trinajstić information content (AvgIpc) is 3.29. The van der Waals surface area contributed by atoms with Crippen LogP contribution in [0.2, 0.25) is 0 Å². The number of fused-ring (bicyclic) bond motifs is 1. The summed E-state index contributed by atoms with van der Waals surface area (Å²) in [5, 5.41) is 2.87. The zero-order valence-corrected chi connectivity index (χ0v) is 17.0. The van der Waals surface area contributed by atoms with Crippen LogP contribution in [0, 0.1) is 0 Å². The van der Waals surface area contributed by atoms with Crippen LogP contribution < -0.4 is 5.32 Å². The van der Waals surface area contributed by atoms with Gasteiger partial charge in [0.2, 0.25) is 5.89 Å². The van der Waals surface area contributed by atoms with Gasteiger partial charge in [-0.15, -0.1) is 0 Å². The fourth-order valence-corrected chi connectivity index (χ4v) is 3.42. The number of aromatic nitrogens is 1. The number of para-hydroxylation sites is 2. The molecule has 0 aliphatic heterocycles. The summed E-state index contributed by atoms with van der Waals surface area (Å²) in [6.07, 6.45) is 0. The molecule has 0 saturated carbocycles. The first kappa shape index (κ1) is 19.5. The van der Waals surface area contributed by atoms with E-state index >= 15 is 0 Å². The molecule has 0 atom stereocenters. The van der Waals surface area contributed by atoms with Crippen LogP contribution in [0.3, 0.4) is 0 Å². The van der Waals surface area contributed by atoms with Crippen LogP contribution in [0.1, 0.15) is 26.3 Å². The van der Waals surface area contributed by atoms with Gasteiger partial charge in [0.15, 0.2) is 11.4 Å². The van der Waals surface area contributed by atoms with E-state index in [-0.39, 0.29) is 11.7 Å². The predicted molar refractivity (Wildman–Crippen MR) is 124 cm³/mol. The lowest BCUT2D eigenvalue weighted by Gasteiger charge is -2.07. The summed E-state index contributed by atoms with van der Waals surface area (Å²) in [5.41, 5.74) is 4.63. The van der Waals surface area contributed by atoms with Crippen molar-refractivity contribution in [3.63, 3.8) is 0 Å². The lowest BCUT2D eigenvalue weighted by molar-refractivity contribution is 0.102. The second-order valence-corrected chi connectivity index (χ2v) is 7.29. The monoisotopic (exact) mass is 418 g/mol. The quantitative estimate of drug-likeness (QED) is 0.357. The van der Waals surface area contributed by atoms with Crippen LogP contribution >= 0.6 is 0 Å². The Hall–Kier alpha value is -4.51. The maximum Gasteiger partial charge on any atom is 0.255 e. The van der Waals surface area contributed by atoms with Crippen LogP contribution in [0.25, 0.3) is 22.6 Å². The van der Waals surface area contributed by atoms with Gasteiger partial charge >= 0.3 is 0 Å². The minimum atomic E-state index is -0.252. The summed E-state index contributed by atoms with van der Waals surface area (Å²) in [6, 6.07) is 30.6. The molecule has 0 radical (unpaired) electrons. The molecule has 0 saturated heterocycles. The van der Waals surface area contributed by atoms with Gasteiger partial charge in [-0.2, -0.15) is 0 Å². The molecule has 5 nitrogen and oxygen atoms in total. The fourth-order valence-electron chi connectivity index (χ4n) is 3.42. The molecule has 1 aromatic heterocycles. The molecule has 0 spiro atoms. The van der Waals surface area contributed by atoms with E-state index in [1.54, 1.807) is 48.5 Å². The van der Waals surface area contributed by atoms with Gasteiger partial charge < -0.3 is 9.73 Å². The molecular formula is C27H18N2O3. The zero-order chi connectivity index (χ0) is 21.9. The van der Waals surface area contributed by atoms with Crippen LogP contribution in [0.5, 0.6) is 0 Å². The molecule has 1 amide bonds. The smallest absolute Gasteiger partial charge is 0.255 e. The van der Waals surface area contributed by atoms with E-state index in [1.165, 1.54) is 0 Å². The van der Waals surface area contributed by atoms with Crippen molar-refractivity contribution in [2.75, 3.05) is 5.32 Å². The maximum atomic E-state index is 12.6. The summed E-state index contributed by atoms with van der Waals surface area (Å²) in [7, 11) is 0. The molecular weight excluding hydrogens is 400 g/mol. The molecule has 0 aliphatic rings. The molecule has 0 bridgehead atoms. The van der Waals surface area contributed by atoms with E-state index in [2.05, 4.69) is 10.3 Å². The Morgan fingerprint density at radius 1 is 0.656 bits per heavy atom. The lowest BCUT2D eigenvalue weighted by atomic mass is 10.0. The highest BCUT2D eigenvalue weighted by molar-refractivity contribution is 6.10. The van der Waals surface area contributed by atoms with E-state index < -0.39 is 0 Å². The van der Waals surface area contributed by atoms with E-state index in [0.29, 0.717) is 28.3 Å². The number of rotatable bonds is 5. The van der Waals surface area contributed by atoms with Crippen molar-refractivity contribution in [2.24, 2.45) is 0 Å². The Morgan fingerprint density at radius 3 is 2.00 bits per heavy atom. The SMILES string of the molecule is O=C(Nc1ccc(-c2nc3ccccc3o2)cc1)c1ccc(C(=O)c2ccccc2)cc1. The van der Waals surface area contributed by atoms with Crippen molar-refractivity contribution in [1.82, 2.24) is 4.98 Å². The van der Waals surface area contributed by atoms with Gasteiger partial charge in [0, 0.05) is 27.9 Å². The summed E-state index contributed by atoms with van der Waals surface area (Å²) < 4.78 is 5.78. The molecule has 5 rings (SSSR count). The summed E-state index contributed by atoms with van der Waals surface area (Å²) in [4.78, 5) is 29.6. The average molecular weight is 418 g/mol. The van der Waals surface area contributed by atoms with Gasteiger partial charge in [-0.05, 0) is 48.5 Å². The highest BCUT2D eigenvalue weighted by Gasteiger charge is 2.12. The second kappa shape index (κ2) is 8.32. The molecule has 5 aromatic rings. The minimum Gasteiger partial charge on any atom is -0.436 e. The highest BCUT2D eigenvalue weighted by atomic mass is 16.3. The maximum absolute atomic E-state index is 12.6. The number of nitrogens with zero attached hydrogens (tertiary/aromatic N) is 1. The van der Waals surface area contributed by atoms with Gasteiger partial charge in [0.25, 0.3) is 5.91 Å². The van der Waals surface area contributed by atoms with Crippen LogP contribution in [-0.2, 0) is 0 Å². The molecule has 154 valence electrons. The van der Waals surface area contributed by atoms with Gasteiger partial charge in [-0.1, -0.05) is 54.6 Å². The fraction of sp³-hybridized carbons (Fsp3) is 0. The van der Waals surface area contributed by atoms with Crippen molar-refractivity contribution >= 4 is 28.5 Å². The van der Waals surface area contributed by atoms with Gasteiger partial charge in [0.05, 0.1) is 0 Å². The van der Waals surface area contributed by atoms with Crippen LogP contribution in [0.15, 0.2) is 108 Å². The van der Waals surface area contributed by atoms with E-state index in [9.17, 15) is 9.59 Å². The first-order valence-corrected chi connectivity index (χ1v) is 10.1. The van der Waals surface area contributed by atoms with Crippen molar-refractivity contribution in [1.29, 1.82) is 0 Å². The third-order valence-corrected chi connectivity index (χ3v) is 5.13. The Balaban J connectivity index is 1.28. The number of nitrogens with one attached hydrogen (secondary N) is 1. The number of hydrogen-bond donors (Lipinski definition) is 1. The van der Waals surface area contributed by atoms with Crippen molar-refractivity contribution in [2.45, 2.75) is 0 Å². The van der Waals surface area contributed by atoms with E-state index in [4.69, 9.17) is 4.42 Å². The number of carbonyl (C=O) groups excluding carboxylic acids is 2. The first-order chi connectivity index (χ1) is 15.7. The molecule has 4 aromatic carbocycles. The number of anilines is 1. The normalized spacial score (nSPS) is 10.8. The zero-order valence-electron chi connectivity index (χ0n) is 17.0. The highest BCUT2D eigenvalue weighted by Crippen LogP contribution is 2.25. The molecule has 1 N–H and O–H groups in total. The standard InChI is InChI=1S/C27H18N2O3/c30-25(18-6-2-1-3-7-18)19-10-12-20(13-11-19)26(31)28-22-16-14-21(15-17-22)27-29-23-8-4-5-9-24(23)32-27/h1-17H,(H,28,31). The van der Waals surface area contributed by atoms with E-state index in [0.717, 1.165) is 16.7 Å². The Morgan fingerprint density at radius 2 is 1.28 bits per heavy atom. The van der Waals surface area contributed by atoms with Gasteiger partial charge in [-0.25, -0.2) is 4.98 Å². The lowest BCUT2D eigenvalue weighted by Crippen LogP contribution is -2.12. The van der Waals surface area contributed by atoms with Crippen LogP contribution in [0.4, 0.5) is 5.69 Å². The minimum absolute atomic E-state index is 0.0765. The van der Waals surface area contributed by atoms with Gasteiger partial charge in [0.1, 0.15) is 5.52 Å². The second-order valence-electron chi connectivity index (χ2n) is 7.29. The number of carbonyl (C=O) groups is 2. The molecule has 5 heteroatoms. The predicted octanol–water partition coefficient (Wildman–Crippen LogP) is 5.98. The number of amides is 1. The Bertz CT molecular complexity index is 1370. The molecule has 0 aliphatic carbocycles. The third kappa shape index (κ3) is 3.91. The molecule has 32 heavy (non-hydrogen) atoms. The largest absolute Gasteiger partial charge is 0.436 e. The Kier molecular flexibility index (Phi) is 5.06. The topological polar surface area (TPSA) is 72.2 Å². The summed E-state index contributed by atoms with van der Waals surface area (Å²) in [5.74, 6) is 0.202. The van der Waals surface area contributed by atoms with Crippen molar-refractivity contribution in [3.8, 4) is 11.5 Å². The molecule has 1 heterocycles. The third-order valence-electron chi connectivity index (χ3n) is 5.13. The Labute approximate surface area is 184 Å². The molecule has 0 fully saturated rings. The number of hydrogen-bond acceptors (Lipinski definition) is 4. The molecule has 0 unspecified atom stereocenters. The number of ketones is 1. The van der Waals surface area contributed by atoms with Crippen molar-refractivity contribution in [3.05, 3.63) is 120 Å². The summed E-state index contributed by atoms with van der Waals surface area (Å²) in [6.45, 7) is 0. The van der Waals surface area contributed by atoms with E-state index in [1.807, 2.05) is 54.6 Å². The number of oxazole rings is 1. The van der Waals surface area contributed by atoms with Gasteiger partial charge in [-0.3, -0.25) is 9.59 Å². The first-order valence-electron chi connectivity index (χ1n) is 10.1. The summed E-state index contributed by atoms with van der Waals surface area (Å²) >= 11 is 0. The van der Waals surface area contributed by atoms with Crippen LogP contribution in [-0.4, -0.2) is 16.7 Å².